The minimum atomic E-state index is -0.642. The first-order valence-electron chi connectivity index (χ1n) is 7.87. The van der Waals surface area contributed by atoms with Crippen LogP contribution in [0.2, 0.25) is 0 Å². The lowest BCUT2D eigenvalue weighted by atomic mass is 9.78. The van der Waals surface area contributed by atoms with Gasteiger partial charge in [-0.3, -0.25) is 0 Å². The van der Waals surface area contributed by atoms with E-state index in [1.807, 2.05) is 44.2 Å². The highest BCUT2D eigenvalue weighted by atomic mass is 16.5. The second-order valence-corrected chi connectivity index (χ2v) is 7.02. The lowest BCUT2D eigenvalue weighted by molar-refractivity contribution is 0.0623. The zero-order chi connectivity index (χ0) is 16.8. The van der Waals surface area contributed by atoms with E-state index in [4.69, 9.17) is 4.74 Å². The molecule has 0 heterocycles. The maximum atomic E-state index is 10.5. The van der Waals surface area contributed by atoms with Crippen molar-refractivity contribution in [2.24, 2.45) is 5.41 Å². The summed E-state index contributed by atoms with van der Waals surface area (Å²) in [6.07, 6.45) is 4.55. The van der Waals surface area contributed by atoms with Gasteiger partial charge in [0.2, 0.25) is 0 Å². The van der Waals surface area contributed by atoms with E-state index >= 15 is 0 Å². The van der Waals surface area contributed by atoms with Crippen LogP contribution in [0, 0.1) is 5.41 Å². The molecule has 1 aromatic rings. The summed E-state index contributed by atoms with van der Waals surface area (Å²) in [7, 11) is 1.63. The third-order valence-electron chi connectivity index (χ3n) is 4.19. The molecule has 3 heteroatoms. The van der Waals surface area contributed by atoms with Gasteiger partial charge in [0.25, 0.3) is 0 Å². The molecule has 0 aromatic heterocycles. The fourth-order valence-electron chi connectivity index (χ4n) is 2.60. The molecule has 0 saturated heterocycles. The van der Waals surface area contributed by atoms with Crippen LogP contribution in [0.3, 0.4) is 0 Å². The van der Waals surface area contributed by atoms with Gasteiger partial charge in [-0.1, -0.05) is 25.1 Å². The molecule has 0 aliphatic carbocycles. The van der Waals surface area contributed by atoms with Crippen LogP contribution in [0.5, 0.6) is 5.75 Å². The molecule has 0 amide bonds. The molecular formula is C19H30O3. The zero-order valence-corrected chi connectivity index (χ0v) is 14.3. The van der Waals surface area contributed by atoms with Gasteiger partial charge in [0.05, 0.1) is 18.8 Å². The van der Waals surface area contributed by atoms with Crippen molar-refractivity contribution in [1.82, 2.24) is 0 Å². The summed E-state index contributed by atoms with van der Waals surface area (Å²) >= 11 is 0. The maximum Gasteiger partial charge on any atom is 0.118 e. The Hall–Kier alpha value is -1.32. The van der Waals surface area contributed by atoms with Gasteiger partial charge in [0.15, 0.2) is 0 Å². The number of methoxy groups -OCH3 is 1. The summed E-state index contributed by atoms with van der Waals surface area (Å²) in [5.41, 5.74) is 0.0951. The topological polar surface area (TPSA) is 49.7 Å². The lowest BCUT2D eigenvalue weighted by Crippen LogP contribution is -2.21. The van der Waals surface area contributed by atoms with Crippen molar-refractivity contribution >= 4 is 0 Å². The van der Waals surface area contributed by atoms with Crippen LogP contribution in [0.4, 0.5) is 0 Å². The van der Waals surface area contributed by atoms with Gasteiger partial charge in [-0.05, 0) is 62.6 Å². The zero-order valence-electron chi connectivity index (χ0n) is 14.3. The Labute approximate surface area is 134 Å². The number of aliphatic hydroxyl groups excluding tert-OH is 1. The summed E-state index contributed by atoms with van der Waals surface area (Å²) in [5.74, 6) is 0.785. The van der Waals surface area contributed by atoms with Crippen LogP contribution in [0.15, 0.2) is 36.9 Å². The molecule has 0 aliphatic heterocycles. The van der Waals surface area contributed by atoms with Crippen molar-refractivity contribution in [3.05, 3.63) is 42.5 Å². The first-order chi connectivity index (χ1) is 10.2. The van der Waals surface area contributed by atoms with Crippen molar-refractivity contribution in [3.63, 3.8) is 0 Å². The molecule has 0 unspecified atom stereocenters. The Balaban J connectivity index is 2.64. The van der Waals surface area contributed by atoms with Crippen LogP contribution in [0.25, 0.3) is 0 Å². The molecule has 2 atom stereocenters. The number of hydrogen-bond donors (Lipinski definition) is 2. The Morgan fingerprint density at radius 2 is 1.77 bits per heavy atom. The van der Waals surface area contributed by atoms with Crippen LogP contribution in [-0.2, 0) is 0 Å². The van der Waals surface area contributed by atoms with E-state index in [0.717, 1.165) is 30.6 Å². The smallest absolute Gasteiger partial charge is 0.118 e. The van der Waals surface area contributed by atoms with Gasteiger partial charge in [-0.2, -0.15) is 0 Å². The molecule has 0 fully saturated rings. The summed E-state index contributed by atoms with van der Waals surface area (Å²) < 4.78 is 5.13. The molecule has 1 aromatic carbocycles. The number of benzene rings is 1. The van der Waals surface area contributed by atoms with Gasteiger partial charge in [-0.15, -0.1) is 6.58 Å². The Kier molecular flexibility index (Phi) is 6.64. The van der Waals surface area contributed by atoms with E-state index in [1.165, 1.54) is 0 Å². The quantitative estimate of drug-likeness (QED) is 0.670. The van der Waals surface area contributed by atoms with E-state index in [2.05, 4.69) is 13.5 Å². The number of allylic oxidation sites excluding steroid dienone is 1. The predicted molar refractivity (Wildman–Crippen MR) is 91.0 cm³/mol. The second kappa shape index (κ2) is 7.80. The lowest BCUT2D eigenvalue weighted by Gasteiger charge is -2.30. The molecule has 124 valence electrons. The first kappa shape index (κ1) is 18.7. The summed E-state index contributed by atoms with van der Waals surface area (Å²) in [6.45, 7) is 9.68. The van der Waals surface area contributed by atoms with E-state index in [1.54, 1.807) is 7.11 Å². The second-order valence-electron chi connectivity index (χ2n) is 7.02. The Bertz CT molecular complexity index is 459. The third kappa shape index (κ3) is 6.20. The third-order valence-corrected chi connectivity index (χ3v) is 4.19. The summed E-state index contributed by atoms with van der Waals surface area (Å²) in [6, 6.07) is 7.50. The van der Waals surface area contributed by atoms with Gasteiger partial charge >= 0.3 is 0 Å². The predicted octanol–water partition coefficient (Wildman–Crippen LogP) is 4.25. The summed E-state index contributed by atoms with van der Waals surface area (Å²) in [5, 5.41) is 20.3. The van der Waals surface area contributed by atoms with Crippen LogP contribution in [0.1, 0.15) is 58.1 Å². The van der Waals surface area contributed by atoms with E-state index < -0.39 is 11.7 Å². The van der Waals surface area contributed by atoms with Crippen molar-refractivity contribution in [3.8, 4) is 5.75 Å². The number of ether oxygens (including phenoxy) is 1. The first-order valence-corrected chi connectivity index (χ1v) is 7.87. The molecule has 2 N–H and O–H groups in total. The highest BCUT2D eigenvalue weighted by molar-refractivity contribution is 5.28. The number of aliphatic hydroxyl groups is 2. The van der Waals surface area contributed by atoms with Gasteiger partial charge in [0.1, 0.15) is 5.75 Å². The molecule has 0 bridgehead atoms. The van der Waals surface area contributed by atoms with Gasteiger partial charge < -0.3 is 14.9 Å². The van der Waals surface area contributed by atoms with Gasteiger partial charge in [-0.25, -0.2) is 0 Å². The van der Waals surface area contributed by atoms with Crippen LogP contribution < -0.4 is 4.74 Å². The standard InChI is InChI=1S/C19H30O3/c1-6-19(4,13-7-12-18(2,3)21)14-17(20)15-8-10-16(22-5)11-9-15/h6,8-11,17,20-21H,1,7,12-14H2,2-5H3/t17-,19-/m1/s1. The molecular weight excluding hydrogens is 276 g/mol. The number of rotatable bonds is 9. The van der Waals surface area contributed by atoms with Crippen molar-refractivity contribution in [2.45, 2.75) is 58.2 Å². The average Bonchev–Trinajstić information content (AvgIpc) is 2.46. The van der Waals surface area contributed by atoms with Crippen LogP contribution in [-0.4, -0.2) is 22.9 Å². The molecule has 3 nitrogen and oxygen atoms in total. The highest BCUT2D eigenvalue weighted by Gasteiger charge is 2.26. The normalized spacial score (nSPS) is 15.9. The highest BCUT2D eigenvalue weighted by Crippen LogP contribution is 2.36. The average molecular weight is 306 g/mol. The summed E-state index contributed by atoms with van der Waals surface area (Å²) in [4.78, 5) is 0. The molecule has 22 heavy (non-hydrogen) atoms. The van der Waals surface area contributed by atoms with Crippen molar-refractivity contribution in [2.75, 3.05) is 7.11 Å². The fraction of sp³-hybridized carbons (Fsp3) is 0.579. The molecule has 0 radical (unpaired) electrons. The van der Waals surface area contributed by atoms with Crippen molar-refractivity contribution < 1.29 is 14.9 Å². The van der Waals surface area contributed by atoms with Crippen molar-refractivity contribution in [1.29, 1.82) is 0 Å². The van der Waals surface area contributed by atoms with E-state index in [9.17, 15) is 10.2 Å². The van der Waals surface area contributed by atoms with E-state index in [-0.39, 0.29) is 5.41 Å². The Morgan fingerprint density at radius 1 is 1.18 bits per heavy atom. The molecule has 0 saturated carbocycles. The maximum absolute atomic E-state index is 10.5. The minimum absolute atomic E-state index is 0.148. The SMILES string of the molecule is C=C[C@](C)(CCCC(C)(C)O)C[C@@H](O)c1ccc(OC)cc1. The molecule has 0 spiro atoms. The number of hydrogen-bond acceptors (Lipinski definition) is 3. The minimum Gasteiger partial charge on any atom is -0.497 e. The Morgan fingerprint density at radius 3 is 2.23 bits per heavy atom. The molecule has 0 aliphatic rings. The van der Waals surface area contributed by atoms with Gasteiger partial charge in [0, 0.05) is 0 Å². The monoisotopic (exact) mass is 306 g/mol. The van der Waals surface area contributed by atoms with E-state index in [0.29, 0.717) is 6.42 Å². The largest absolute Gasteiger partial charge is 0.497 e. The molecule has 1 rings (SSSR count). The van der Waals surface area contributed by atoms with Crippen LogP contribution >= 0.6 is 0 Å². The fourth-order valence-corrected chi connectivity index (χ4v) is 2.60.